The van der Waals surface area contributed by atoms with E-state index in [1.165, 1.54) is 25.3 Å². The molecule has 0 aliphatic rings. The van der Waals surface area contributed by atoms with Gasteiger partial charge in [0.1, 0.15) is 11.6 Å². The summed E-state index contributed by atoms with van der Waals surface area (Å²) in [5, 5.41) is -0.115. The number of carbonyl (C=O) groups is 2. The predicted octanol–water partition coefficient (Wildman–Crippen LogP) is 2.14. The Bertz CT molecular complexity index is 426. The summed E-state index contributed by atoms with van der Waals surface area (Å²) in [6.45, 7) is 0.873. The van der Waals surface area contributed by atoms with E-state index in [1.807, 2.05) is 0 Å². The molecule has 0 fully saturated rings. The average molecular weight is 261 g/mol. The average Bonchev–Trinajstić information content (AvgIpc) is 2.25. The van der Waals surface area contributed by atoms with Crippen LogP contribution in [0.2, 0.25) is 0 Å². The molecule has 0 aromatic carbocycles. The first-order valence-corrected chi connectivity index (χ1v) is 5.45. The van der Waals surface area contributed by atoms with Crippen molar-refractivity contribution < 1.29 is 23.1 Å². The van der Waals surface area contributed by atoms with E-state index in [4.69, 9.17) is 0 Å². The second-order valence-electron chi connectivity index (χ2n) is 3.01. The Morgan fingerprint density at radius 3 is 2.82 bits per heavy atom. The summed E-state index contributed by atoms with van der Waals surface area (Å²) in [7, 11) is 0. The number of halogens is 2. The Labute approximate surface area is 100 Å². The monoisotopic (exact) mass is 261 g/mol. The predicted molar refractivity (Wildman–Crippen MR) is 57.1 cm³/mol. The first kappa shape index (κ1) is 13.6. The molecule has 0 aliphatic heterocycles. The zero-order valence-corrected chi connectivity index (χ0v) is 9.67. The highest BCUT2D eigenvalue weighted by Gasteiger charge is 2.17. The number of carbonyl (C=O) groups excluding carboxylic acids is 2. The quantitative estimate of drug-likeness (QED) is 0.600. The Balaban J connectivity index is 2.81. The van der Waals surface area contributed by atoms with Gasteiger partial charge in [-0.15, -0.1) is 0 Å². The number of esters is 1. The number of alkyl halides is 2. The lowest BCUT2D eigenvalue weighted by atomic mass is 10.3. The zero-order chi connectivity index (χ0) is 12.8. The number of pyridine rings is 1. The molecule has 1 rings (SSSR count). The molecule has 0 atom stereocenters. The summed E-state index contributed by atoms with van der Waals surface area (Å²) < 4.78 is 29.0. The number of aromatic nitrogens is 1. The molecule has 0 saturated carbocycles. The number of hydrogen-bond donors (Lipinski definition) is 0. The van der Waals surface area contributed by atoms with Gasteiger partial charge in [0.2, 0.25) is 0 Å². The summed E-state index contributed by atoms with van der Waals surface area (Å²) in [6.07, 6.45) is 1.30. The highest BCUT2D eigenvalue weighted by Crippen LogP contribution is 2.26. The van der Waals surface area contributed by atoms with Gasteiger partial charge in [0.15, 0.2) is 5.78 Å². The molecule has 0 spiro atoms. The number of hydrogen-bond acceptors (Lipinski definition) is 5. The molecule has 0 aliphatic carbocycles. The van der Waals surface area contributed by atoms with E-state index in [1.54, 1.807) is 0 Å². The third kappa shape index (κ3) is 4.48. The van der Waals surface area contributed by atoms with Gasteiger partial charge in [0, 0.05) is 6.20 Å². The highest BCUT2D eigenvalue weighted by atomic mass is 32.2. The Kier molecular flexibility index (Phi) is 5.02. The number of nitrogens with zero attached hydrogens (tertiary/aromatic N) is 1. The molecule has 0 radical (unpaired) electrons. The van der Waals surface area contributed by atoms with Gasteiger partial charge in [-0.1, -0.05) is 0 Å². The molecule has 92 valence electrons. The van der Waals surface area contributed by atoms with E-state index < -0.39 is 11.7 Å². The third-order valence-corrected chi connectivity index (χ3v) is 2.33. The second kappa shape index (κ2) is 6.29. The van der Waals surface area contributed by atoms with Crippen LogP contribution in [0.3, 0.4) is 0 Å². The maximum atomic E-state index is 12.2. The third-order valence-electron chi connectivity index (χ3n) is 1.60. The fourth-order valence-corrected chi connectivity index (χ4v) is 1.54. The maximum Gasteiger partial charge on any atom is 0.341 e. The largest absolute Gasteiger partial charge is 0.454 e. The molecular formula is C10H9F2NO3S. The van der Waals surface area contributed by atoms with Crippen LogP contribution in [0, 0.1) is 0 Å². The van der Waals surface area contributed by atoms with E-state index in [0.717, 1.165) is 0 Å². The summed E-state index contributed by atoms with van der Waals surface area (Å²) in [6, 6.07) is 2.75. The normalized spacial score (nSPS) is 10.4. The first-order chi connectivity index (χ1) is 8.00. The lowest BCUT2D eigenvalue weighted by Gasteiger charge is -2.06. The van der Waals surface area contributed by atoms with Gasteiger partial charge in [0.05, 0.1) is 5.56 Å². The van der Waals surface area contributed by atoms with Gasteiger partial charge < -0.3 is 4.74 Å². The number of Topliss-reactive ketones (excluding diaryl/α,β-unsaturated/α-hetero) is 1. The van der Waals surface area contributed by atoms with E-state index in [-0.39, 0.29) is 34.7 Å². The van der Waals surface area contributed by atoms with Gasteiger partial charge in [-0.2, -0.15) is 8.78 Å². The van der Waals surface area contributed by atoms with Crippen LogP contribution < -0.4 is 0 Å². The van der Waals surface area contributed by atoms with Crippen LogP contribution in [-0.2, 0) is 9.53 Å². The van der Waals surface area contributed by atoms with Gasteiger partial charge in [-0.05, 0) is 30.8 Å². The smallest absolute Gasteiger partial charge is 0.341 e. The van der Waals surface area contributed by atoms with Crippen LogP contribution in [0.4, 0.5) is 8.78 Å². The SMILES string of the molecule is CC(=O)COC(=O)c1cccnc1SC(F)F. The minimum Gasteiger partial charge on any atom is -0.454 e. The molecule has 4 nitrogen and oxygen atoms in total. The molecule has 0 saturated heterocycles. The van der Waals surface area contributed by atoms with Crippen LogP contribution in [0.15, 0.2) is 23.4 Å². The number of rotatable bonds is 5. The van der Waals surface area contributed by atoms with Crippen LogP contribution >= 0.6 is 11.8 Å². The minimum absolute atomic E-state index is 0.0703. The van der Waals surface area contributed by atoms with E-state index in [9.17, 15) is 18.4 Å². The molecular weight excluding hydrogens is 252 g/mol. The summed E-state index contributed by atoms with van der Waals surface area (Å²) in [5.74, 6) is -3.84. The maximum absolute atomic E-state index is 12.2. The van der Waals surface area contributed by atoms with E-state index >= 15 is 0 Å². The van der Waals surface area contributed by atoms with Crippen molar-refractivity contribution in [1.29, 1.82) is 0 Å². The van der Waals surface area contributed by atoms with Gasteiger partial charge in [-0.3, -0.25) is 4.79 Å². The summed E-state index contributed by atoms with van der Waals surface area (Å²) in [5.41, 5.74) is -0.0703. The molecule has 17 heavy (non-hydrogen) atoms. The van der Waals surface area contributed by atoms with Crippen molar-refractivity contribution in [2.45, 2.75) is 17.7 Å². The summed E-state index contributed by atoms with van der Waals surface area (Å²) in [4.78, 5) is 25.8. The molecule has 0 N–H and O–H groups in total. The fourth-order valence-electron chi connectivity index (χ4n) is 0.969. The Morgan fingerprint density at radius 2 is 2.24 bits per heavy atom. The molecule has 0 amide bonds. The van der Waals surface area contributed by atoms with Crippen molar-refractivity contribution in [1.82, 2.24) is 4.98 Å². The van der Waals surface area contributed by atoms with Crippen molar-refractivity contribution in [3.63, 3.8) is 0 Å². The standard InChI is InChI=1S/C10H9F2NO3S/c1-6(14)5-16-9(15)7-3-2-4-13-8(7)17-10(11)12/h2-4,10H,5H2,1H3. The molecule has 1 heterocycles. The van der Waals surface area contributed by atoms with Crippen LogP contribution in [0.5, 0.6) is 0 Å². The van der Waals surface area contributed by atoms with Crippen molar-refractivity contribution in [3.05, 3.63) is 23.9 Å². The summed E-state index contributed by atoms with van der Waals surface area (Å²) >= 11 is 0.157. The second-order valence-corrected chi connectivity index (χ2v) is 3.99. The lowest BCUT2D eigenvalue weighted by molar-refractivity contribution is -0.120. The molecule has 1 aromatic heterocycles. The molecule has 7 heteroatoms. The van der Waals surface area contributed by atoms with E-state index in [0.29, 0.717) is 0 Å². The topological polar surface area (TPSA) is 56.3 Å². The van der Waals surface area contributed by atoms with Gasteiger partial charge in [0.25, 0.3) is 5.76 Å². The number of ketones is 1. The highest BCUT2D eigenvalue weighted by molar-refractivity contribution is 7.99. The van der Waals surface area contributed by atoms with Gasteiger partial charge >= 0.3 is 5.97 Å². The van der Waals surface area contributed by atoms with Crippen molar-refractivity contribution in [2.75, 3.05) is 6.61 Å². The molecule has 0 bridgehead atoms. The number of ether oxygens (including phenoxy) is 1. The van der Waals surface area contributed by atoms with Gasteiger partial charge in [-0.25, -0.2) is 9.78 Å². The fraction of sp³-hybridized carbons (Fsp3) is 0.300. The molecule has 1 aromatic rings. The van der Waals surface area contributed by atoms with Crippen molar-refractivity contribution in [2.24, 2.45) is 0 Å². The first-order valence-electron chi connectivity index (χ1n) is 4.57. The van der Waals surface area contributed by atoms with Crippen LogP contribution in [0.1, 0.15) is 17.3 Å². The Morgan fingerprint density at radius 1 is 1.53 bits per heavy atom. The van der Waals surface area contributed by atoms with Crippen LogP contribution in [0.25, 0.3) is 0 Å². The van der Waals surface area contributed by atoms with E-state index in [2.05, 4.69) is 9.72 Å². The number of thioether (sulfide) groups is 1. The van der Waals surface area contributed by atoms with Crippen LogP contribution in [-0.4, -0.2) is 29.1 Å². The van der Waals surface area contributed by atoms with Crippen molar-refractivity contribution in [3.8, 4) is 0 Å². The minimum atomic E-state index is -2.68. The zero-order valence-electron chi connectivity index (χ0n) is 8.85. The molecule has 0 unspecified atom stereocenters. The Hall–Kier alpha value is -1.50. The van der Waals surface area contributed by atoms with Crippen molar-refractivity contribution >= 4 is 23.5 Å². The lowest BCUT2D eigenvalue weighted by Crippen LogP contribution is -2.12.